The fourth-order valence-corrected chi connectivity index (χ4v) is 2.57. The summed E-state index contributed by atoms with van der Waals surface area (Å²) in [7, 11) is 1.34. The number of methoxy groups -OCH3 is 1. The van der Waals surface area contributed by atoms with Crippen molar-refractivity contribution < 1.29 is 19.1 Å². The molecule has 0 heterocycles. The maximum absolute atomic E-state index is 12.2. The summed E-state index contributed by atoms with van der Waals surface area (Å²) in [6, 6.07) is 6.97. The molecule has 0 saturated carbocycles. The molecule has 0 N–H and O–H groups in total. The summed E-state index contributed by atoms with van der Waals surface area (Å²) in [5.41, 5.74) is -0.0922. The van der Waals surface area contributed by atoms with Gasteiger partial charge in [0.25, 0.3) is 0 Å². The zero-order valence-corrected chi connectivity index (χ0v) is 14.5. The normalized spacial score (nSPS) is 11.0. The van der Waals surface area contributed by atoms with E-state index < -0.39 is 11.6 Å². The molecule has 5 nitrogen and oxygen atoms in total. The molecular formula is C16H23NO4S. The number of carbonyl (C=O) groups excluding carboxylic acids is 2. The van der Waals surface area contributed by atoms with Gasteiger partial charge < -0.3 is 9.47 Å². The lowest BCUT2D eigenvalue weighted by molar-refractivity contribution is 0.0405. The van der Waals surface area contributed by atoms with E-state index in [0.717, 1.165) is 11.3 Å². The van der Waals surface area contributed by atoms with Gasteiger partial charge in [0.05, 0.1) is 12.7 Å². The fraction of sp³-hybridized carbons (Fsp3) is 0.500. The second-order valence-corrected chi connectivity index (χ2v) is 6.79. The first-order valence-corrected chi connectivity index (χ1v) is 7.91. The number of amides is 1. The van der Waals surface area contributed by atoms with Crippen molar-refractivity contribution in [1.29, 1.82) is 0 Å². The van der Waals surface area contributed by atoms with Crippen LogP contribution in [0.4, 0.5) is 4.79 Å². The zero-order valence-electron chi connectivity index (χ0n) is 13.7. The molecule has 0 bridgehead atoms. The van der Waals surface area contributed by atoms with Crippen LogP contribution in [0.1, 0.15) is 44.5 Å². The minimum Gasteiger partial charge on any atom is -0.465 e. The first-order chi connectivity index (χ1) is 10.3. The predicted molar refractivity (Wildman–Crippen MR) is 86.9 cm³/mol. The van der Waals surface area contributed by atoms with Crippen LogP contribution in [0, 0.1) is 0 Å². The smallest absolute Gasteiger partial charge is 0.420 e. The Labute approximate surface area is 136 Å². The zero-order chi connectivity index (χ0) is 16.8. The number of nitrogens with zero attached hydrogens (tertiary/aromatic N) is 1. The monoisotopic (exact) mass is 325 g/mol. The maximum Gasteiger partial charge on any atom is 0.420 e. The molecule has 122 valence electrons. The van der Waals surface area contributed by atoms with E-state index in [1.807, 2.05) is 33.8 Å². The summed E-state index contributed by atoms with van der Waals surface area (Å²) in [5, 5.41) is 0. The predicted octanol–water partition coefficient (Wildman–Crippen LogP) is 4.13. The van der Waals surface area contributed by atoms with E-state index in [2.05, 4.69) is 0 Å². The topological polar surface area (TPSA) is 55.8 Å². The summed E-state index contributed by atoms with van der Waals surface area (Å²) in [6.45, 7) is 8.04. The van der Waals surface area contributed by atoms with Gasteiger partial charge in [0.1, 0.15) is 5.60 Å². The summed E-state index contributed by atoms with van der Waals surface area (Å²) < 4.78 is 11.7. The molecule has 0 aliphatic rings. The van der Waals surface area contributed by atoms with Crippen molar-refractivity contribution in [2.75, 3.05) is 13.7 Å². The molecular weight excluding hydrogens is 302 g/mol. The number of esters is 1. The van der Waals surface area contributed by atoms with Crippen molar-refractivity contribution >= 4 is 24.0 Å². The van der Waals surface area contributed by atoms with Gasteiger partial charge in [0.15, 0.2) is 0 Å². The summed E-state index contributed by atoms with van der Waals surface area (Å²) in [4.78, 5) is 24.6. The molecule has 1 amide bonds. The third kappa shape index (κ3) is 5.97. The molecule has 0 unspecified atom stereocenters. The van der Waals surface area contributed by atoms with E-state index in [1.54, 1.807) is 22.5 Å². The molecule has 0 spiro atoms. The summed E-state index contributed by atoms with van der Waals surface area (Å²) in [5.74, 6) is -0.401. The van der Waals surface area contributed by atoms with Crippen LogP contribution in [0.2, 0.25) is 0 Å². The lowest BCUT2D eigenvalue weighted by Gasteiger charge is -2.26. The van der Waals surface area contributed by atoms with Crippen molar-refractivity contribution in [3.8, 4) is 0 Å². The first-order valence-electron chi connectivity index (χ1n) is 7.13. The Morgan fingerprint density at radius 2 is 1.95 bits per heavy atom. The molecule has 0 saturated heterocycles. The van der Waals surface area contributed by atoms with E-state index in [9.17, 15) is 9.59 Å². The van der Waals surface area contributed by atoms with Crippen LogP contribution in [-0.2, 0) is 9.47 Å². The van der Waals surface area contributed by atoms with E-state index in [-0.39, 0.29) is 6.09 Å². The average molecular weight is 325 g/mol. The van der Waals surface area contributed by atoms with Gasteiger partial charge in [-0.1, -0.05) is 13.0 Å². The minimum absolute atomic E-state index is 0.386. The van der Waals surface area contributed by atoms with Crippen molar-refractivity contribution in [3.63, 3.8) is 0 Å². The number of rotatable bonds is 5. The number of ether oxygens (including phenoxy) is 2. The van der Waals surface area contributed by atoms with Gasteiger partial charge in [-0.05, 0) is 57.3 Å². The van der Waals surface area contributed by atoms with Crippen LogP contribution < -0.4 is 0 Å². The van der Waals surface area contributed by atoms with Gasteiger partial charge in [-0.25, -0.2) is 13.9 Å². The standard InChI is InChI=1S/C16H23NO4S/c1-6-10-17(15(19)21-16(2,3)4)22-13-9-7-8-12(11-13)14(18)20-5/h7-9,11H,6,10H2,1-5H3. The molecule has 0 atom stereocenters. The van der Waals surface area contributed by atoms with Crippen LogP contribution in [0.25, 0.3) is 0 Å². The van der Waals surface area contributed by atoms with Gasteiger partial charge in [-0.15, -0.1) is 0 Å². The van der Waals surface area contributed by atoms with Crippen LogP contribution in [0.15, 0.2) is 29.2 Å². The average Bonchev–Trinajstić information content (AvgIpc) is 2.44. The highest BCUT2D eigenvalue weighted by Gasteiger charge is 2.22. The molecule has 0 aromatic heterocycles. The summed E-state index contributed by atoms with van der Waals surface area (Å²) >= 11 is 1.26. The molecule has 22 heavy (non-hydrogen) atoms. The van der Waals surface area contributed by atoms with Gasteiger partial charge in [0, 0.05) is 11.4 Å². The van der Waals surface area contributed by atoms with Crippen LogP contribution in [0.3, 0.4) is 0 Å². The van der Waals surface area contributed by atoms with Gasteiger partial charge in [-0.2, -0.15) is 0 Å². The Bertz CT molecular complexity index is 525. The minimum atomic E-state index is -0.544. The van der Waals surface area contributed by atoms with Crippen LogP contribution in [0.5, 0.6) is 0 Å². The molecule has 0 radical (unpaired) electrons. The number of hydrogen-bond donors (Lipinski definition) is 0. The van der Waals surface area contributed by atoms with E-state index in [1.165, 1.54) is 19.1 Å². The molecule has 1 rings (SSSR count). The fourth-order valence-electron chi connectivity index (χ4n) is 1.62. The summed E-state index contributed by atoms with van der Waals surface area (Å²) in [6.07, 6.45) is 0.422. The van der Waals surface area contributed by atoms with Crippen LogP contribution in [-0.4, -0.2) is 35.6 Å². The lowest BCUT2D eigenvalue weighted by Crippen LogP contribution is -2.33. The Morgan fingerprint density at radius 1 is 1.27 bits per heavy atom. The van der Waals surface area contributed by atoms with E-state index in [0.29, 0.717) is 12.1 Å². The molecule has 6 heteroatoms. The largest absolute Gasteiger partial charge is 0.465 e. The Balaban J connectivity index is 2.87. The second-order valence-electron chi connectivity index (χ2n) is 5.69. The van der Waals surface area contributed by atoms with Gasteiger partial charge >= 0.3 is 12.1 Å². The number of hydrogen-bond acceptors (Lipinski definition) is 5. The Hall–Kier alpha value is -1.69. The molecule has 0 fully saturated rings. The Morgan fingerprint density at radius 3 is 2.50 bits per heavy atom. The third-order valence-corrected chi connectivity index (χ3v) is 3.51. The van der Waals surface area contributed by atoms with E-state index >= 15 is 0 Å². The number of carbonyl (C=O) groups is 2. The van der Waals surface area contributed by atoms with E-state index in [4.69, 9.17) is 9.47 Å². The van der Waals surface area contributed by atoms with Gasteiger partial charge in [-0.3, -0.25) is 0 Å². The highest BCUT2D eigenvalue weighted by molar-refractivity contribution is 7.97. The number of benzene rings is 1. The molecule has 1 aromatic rings. The highest BCUT2D eigenvalue weighted by Crippen LogP contribution is 2.26. The lowest BCUT2D eigenvalue weighted by atomic mass is 10.2. The Kier molecular flexibility index (Phi) is 6.74. The van der Waals surface area contributed by atoms with Crippen molar-refractivity contribution in [1.82, 2.24) is 4.31 Å². The maximum atomic E-state index is 12.2. The quantitative estimate of drug-likeness (QED) is 0.602. The van der Waals surface area contributed by atoms with Crippen molar-refractivity contribution in [2.45, 2.75) is 44.6 Å². The van der Waals surface area contributed by atoms with Crippen molar-refractivity contribution in [2.24, 2.45) is 0 Å². The third-order valence-electron chi connectivity index (χ3n) is 2.49. The second kappa shape index (κ2) is 8.08. The molecule has 0 aliphatic carbocycles. The van der Waals surface area contributed by atoms with Crippen LogP contribution >= 0.6 is 11.9 Å². The highest BCUT2D eigenvalue weighted by atomic mass is 32.2. The van der Waals surface area contributed by atoms with Gasteiger partial charge in [0.2, 0.25) is 0 Å². The molecule has 0 aliphatic heterocycles. The van der Waals surface area contributed by atoms with Crippen molar-refractivity contribution in [3.05, 3.63) is 29.8 Å². The first kappa shape index (κ1) is 18.4. The SMILES string of the molecule is CCCN(Sc1cccc(C(=O)OC)c1)C(=O)OC(C)(C)C. The molecule has 1 aromatic carbocycles.